The van der Waals surface area contributed by atoms with Crippen molar-refractivity contribution in [2.24, 2.45) is 5.73 Å². The van der Waals surface area contributed by atoms with Crippen molar-refractivity contribution >= 4 is 10.0 Å². The number of benzene rings is 1. The number of likely N-dealkylation sites (N-methyl/N-ethyl adjacent to an activating group) is 1. The molecule has 2 rings (SSSR count). The number of rotatable bonds is 4. The Morgan fingerprint density at radius 2 is 2.05 bits per heavy atom. The summed E-state index contributed by atoms with van der Waals surface area (Å²) in [5.41, 5.74) is 7.34. The predicted molar refractivity (Wildman–Crippen MR) is 84.5 cm³/mol. The second-order valence-electron chi connectivity index (χ2n) is 5.65. The van der Waals surface area contributed by atoms with Gasteiger partial charge in [0.15, 0.2) is 0 Å². The maximum Gasteiger partial charge on any atom is 0.243 e. The van der Waals surface area contributed by atoms with Crippen LogP contribution in [-0.4, -0.2) is 50.3 Å². The van der Waals surface area contributed by atoms with Crippen molar-refractivity contribution < 1.29 is 8.42 Å². The van der Waals surface area contributed by atoms with Gasteiger partial charge in [0, 0.05) is 32.2 Å². The fourth-order valence-corrected chi connectivity index (χ4v) is 4.61. The number of nitrogens with two attached hydrogens (primary N) is 1. The lowest BCUT2D eigenvalue weighted by Crippen LogP contribution is -2.52. The number of piperazine rings is 1. The third-order valence-corrected chi connectivity index (χ3v) is 6.45. The Bertz CT molecular complexity index is 601. The van der Waals surface area contributed by atoms with Gasteiger partial charge in [0.25, 0.3) is 0 Å². The Morgan fingerprint density at radius 1 is 1.33 bits per heavy atom. The largest absolute Gasteiger partial charge is 0.326 e. The van der Waals surface area contributed by atoms with Crippen LogP contribution >= 0.6 is 0 Å². The first-order valence-electron chi connectivity index (χ1n) is 7.40. The van der Waals surface area contributed by atoms with E-state index in [0.717, 1.165) is 24.1 Å². The molecule has 1 atom stereocenters. The second-order valence-corrected chi connectivity index (χ2v) is 7.56. The highest BCUT2D eigenvalue weighted by atomic mass is 32.2. The van der Waals surface area contributed by atoms with Crippen molar-refractivity contribution in [2.45, 2.75) is 37.8 Å². The summed E-state index contributed by atoms with van der Waals surface area (Å²) in [6, 6.07) is 5.62. The van der Waals surface area contributed by atoms with Crippen LogP contribution in [0.4, 0.5) is 0 Å². The van der Waals surface area contributed by atoms with Gasteiger partial charge in [0.2, 0.25) is 10.0 Å². The van der Waals surface area contributed by atoms with Crippen LogP contribution in [0.3, 0.4) is 0 Å². The molecule has 0 aliphatic carbocycles. The quantitative estimate of drug-likeness (QED) is 0.906. The normalized spacial score (nSPS) is 21.6. The second kappa shape index (κ2) is 6.44. The van der Waals surface area contributed by atoms with Gasteiger partial charge in [-0.1, -0.05) is 19.1 Å². The van der Waals surface area contributed by atoms with E-state index in [1.165, 1.54) is 0 Å². The standard InChI is InChI=1S/C15H25N3O2S/c1-4-14-11-18(9-8-17(14)3)21(19,20)15-7-5-6-13(10-16)12(15)2/h5-7,14H,4,8-11,16H2,1-3H3. The molecule has 0 aromatic heterocycles. The Hall–Kier alpha value is -0.950. The molecule has 6 heteroatoms. The summed E-state index contributed by atoms with van der Waals surface area (Å²) in [4.78, 5) is 2.62. The maximum absolute atomic E-state index is 12.9. The summed E-state index contributed by atoms with van der Waals surface area (Å²) in [6.45, 7) is 6.16. The van der Waals surface area contributed by atoms with Crippen molar-refractivity contribution in [3.05, 3.63) is 29.3 Å². The molecule has 0 radical (unpaired) electrons. The average molecular weight is 311 g/mol. The molecule has 0 amide bonds. The van der Waals surface area contributed by atoms with Crippen molar-refractivity contribution in [1.82, 2.24) is 9.21 Å². The molecule has 118 valence electrons. The summed E-state index contributed by atoms with van der Waals surface area (Å²) >= 11 is 0. The van der Waals surface area contributed by atoms with Crippen molar-refractivity contribution in [2.75, 3.05) is 26.7 Å². The molecule has 21 heavy (non-hydrogen) atoms. The minimum Gasteiger partial charge on any atom is -0.326 e. The smallest absolute Gasteiger partial charge is 0.243 e. The van der Waals surface area contributed by atoms with E-state index in [-0.39, 0.29) is 6.04 Å². The number of nitrogens with zero attached hydrogens (tertiary/aromatic N) is 2. The third kappa shape index (κ3) is 3.13. The van der Waals surface area contributed by atoms with Crippen molar-refractivity contribution in [3.8, 4) is 0 Å². The van der Waals surface area contributed by atoms with Crippen LogP contribution in [0.25, 0.3) is 0 Å². The molecule has 1 unspecified atom stereocenters. The summed E-state index contributed by atoms with van der Waals surface area (Å²) in [5, 5.41) is 0. The highest BCUT2D eigenvalue weighted by Crippen LogP contribution is 2.25. The van der Waals surface area contributed by atoms with Crippen LogP contribution in [0.5, 0.6) is 0 Å². The minimum atomic E-state index is -3.44. The van der Waals surface area contributed by atoms with Gasteiger partial charge in [-0.3, -0.25) is 0 Å². The van der Waals surface area contributed by atoms with Gasteiger partial charge in [0.1, 0.15) is 0 Å². The highest BCUT2D eigenvalue weighted by molar-refractivity contribution is 7.89. The zero-order valence-corrected chi connectivity index (χ0v) is 13.9. The molecule has 1 saturated heterocycles. The third-order valence-electron chi connectivity index (χ3n) is 4.45. The first kappa shape index (κ1) is 16.4. The molecule has 0 spiro atoms. The van der Waals surface area contributed by atoms with Gasteiger partial charge in [-0.2, -0.15) is 4.31 Å². The van der Waals surface area contributed by atoms with Gasteiger partial charge >= 0.3 is 0 Å². The Kier molecular flexibility index (Phi) is 5.03. The lowest BCUT2D eigenvalue weighted by molar-refractivity contribution is 0.144. The van der Waals surface area contributed by atoms with Crippen LogP contribution in [0.2, 0.25) is 0 Å². The molecule has 1 aliphatic heterocycles. The molecule has 1 aromatic rings. The molecule has 5 nitrogen and oxygen atoms in total. The number of hydrogen-bond donors (Lipinski definition) is 1. The monoisotopic (exact) mass is 311 g/mol. The van der Waals surface area contributed by atoms with Crippen LogP contribution < -0.4 is 5.73 Å². The van der Waals surface area contributed by atoms with Gasteiger partial charge in [-0.25, -0.2) is 8.42 Å². The van der Waals surface area contributed by atoms with Crippen molar-refractivity contribution in [1.29, 1.82) is 0 Å². The van der Waals surface area contributed by atoms with Crippen LogP contribution in [-0.2, 0) is 16.6 Å². The molecular formula is C15H25N3O2S. The topological polar surface area (TPSA) is 66.6 Å². The van der Waals surface area contributed by atoms with E-state index in [1.807, 2.05) is 13.0 Å². The maximum atomic E-state index is 12.9. The zero-order chi connectivity index (χ0) is 15.6. The summed E-state index contributed by atoms with van der Waals surface area (Å²) in [5.74, 6) is 0. The highest BCUT2D eigenvalue weighted by Gasteiger charge is 2.32. The van der Waals surface area contributed by atoms with E-state index in [1.54, 1.807) is 16.4 Å². The minimum absolute atomic E-state index is 0.284. The first-order chi connectivity index (χ1) is 9.91. The zero-order valence-electron chi connectivity index (χ0n) is 13.0. The molecule has 0 saturated carbocycles. The average Bonchev–Trinajstić information content (AvgIpc) is 2.47. The van der Waals surface area contributed by atoms with E-state index in [9.17, 15) is 8.42 Å². The lowest BCUT2D eigenvalue weighted by atomic mass is 10.1. The van der Waals surface area contributed by atoms with E-state index in [4.69, 9.17) is 5.73 Å². The molecule has 1 aromatic carbocycles. The number of hydrogen-bond acceptors (Lipinski definition) is 4. The number of sulfonamides is 1. The Labute approximate surface area is 127 Å². The molecule has 1 fully saturated rings. The Morgan fingerprint density at radius 3 is 2.67 bits per heavy atom. The summed E-state index contributed by atoms with van der Waals surface area (Å²) in [6.07, 6.45) is 0.949. The van der Waals surface area contributed by atoms with E-state index >= 15 is 0 Å². The lowest BCUT2D eigenvalue weighted by Gasteiger charge is -2.38. The molecule has 2 N–H and O–H groups in total. The molecule has 1 aliphatic rings. The molecule has 0 bridgehead atoms. The van der Waals surface area contributed by atoms with E-state index in [0.29, 0.717) is 24.5 Å². The van der Waals surface area contributed by atoms with Crippen LogP contribution in [0, 0.1) is 6.92 Å². The first-order valence-corrected chi connectivity index (χ1v) is 8.84. The van der Waals surface area contributed by atoms with Gasteiger partial charge < -0.3 is 10.6 Å². The van der Waals surface area contributed by atoms with E-state index < -0.39 is 10.0 Å². The van der Waals surface area contributed by atoms with Crippen LogP contribution in [0.1, 0.15) is 24.5 Å². The van der Waals surface area contributed by atoms with Gasteiger partial charge in [0.05, 0.1) is 4.90 Å². The fraction of sp³-hybridized carbons (Fsp3) is 0.600. The predicted octanol–water partition coefficient (Wildman–Crippen LogP) is 1.17. The van der Waals surface area contributed by atoms with Crippen molar-refractivity contribution in [3.63, 3.8) is 0 Å². The van der Waals surface area contributed by atoms with E-state index in [2.05, 4.69) is 18.9 Å². The summed E-state index contributed by atoms with van der Waals surface area (Å²) in [7, 11) is -1.39. The van der Waals surface area contributed by atoms with Gasteiger partial charge in [-0.05, 0) is 37.6 Å². The fourth-order valence-electron chi connectivity index (χ4n) is 2.88. The molecule has 1 heterocycles. The SMILES string of the molecule is CCC1CN(S(=O)(=O)c2cccc(CN)c2C)CCN1C. The molecular weight excluding hydrogens is 286 g/mol. The van der Waals surface area contributed by atoms with Gasteiger partial charge in [-0.15, -0.1) is 0 Å². The Balaban J connectivity index is 2.34. The summed E-state index contributed by atoms with van der Waals surface area (Å²) < 4.78 is 27.4. The van der Waals surface area contributed by atoms with Crippen LogP contribution in [0.15, 0.2) is 23.1 Å².